The van der Waals surface area contributed by atoms with E-state index in [4.69, 9.17) is 38.7 Å². The van der Waals surface area contributed by atoms with Gasteiger partial charge in [-0.25, -0.2) is 0 Å². The van der Waals surface area contributed by atoms with Crippen molar-refractivity contribution in [2.24, 2.45) is 15.9 Å². The van der Waals surface area contributed by atoms with Crippen LogP contribution in [0.1, 0.15) is 375 Å². The van der Waals surface area contributed by atoms with E-state index < -0.39 is 90.8 Å². The number of hydrogen-bond acceptors (Lipinski definition) is 26. The molecule has 0 aromatic rings. The van der Waals surface area contributed by atoms with E-state index in [0.717, 1.165) is 173 Å². The summed E-state index contributed by atoms with van der Waals surface area (Å²) >= 11 is 0. The van der Waals surface area contributed by atoms with Crippen LogP contribution in [0, 0.1) is 10.8 Å². The molecule has 0 radical (unpaired) electrons. The highest BCUT2D eigenvalue weighted by atomic mass is 16.7. The molecule has 2 rings (SSSR count). The number of nitrogens with zero attached hydrogens (tertiary/aromatic N) is 3. The number of carboxylic acids is 1. The standard InChI is InChI=1S/C102H188N14O26/c1-6-7-8-27-46-85(122)105-60-42-63-108-88(125)52-69-136-76-102(77-137-70-53-89(126)109-64-43-61-106-86(123)48-32-40-67-139-93-72-80(119)95(130)82(74-117)141-93,78-138-71-54-90(127)110-65-44-62-107-87(124)49-33-41-68-140-94-73-81(120)96(131)83(75-118)142-94)115-92(129)51-29-22-16-10-13-19-25-36-58-111-97(132)79(114-91(128)50-31-39-66-113-116-103)45-30-38-57-104-84(121)47-28-21-15-9-14-20-26-37-59-112-98(133)100(2,3)55-34-23-17-11-12-18-24-35-56-101(4,5)99(134)135/h79-83,93-96,117-120,130-131H,6-78H2,1-5H3,(H,104,121)(H,105,122)(H,106,123)(H,107,124)(H,108,125)(H,109,126)(H,110,127)(H,111,132)(H,112,133)(H,114,128)(H,115,129)(H,134,135)/t79-,80+,81+,82+,83+,93+,94+,95+,96+/m0/s1. The maximum absolute atomic E-state index is 14.1. The Morgan fingerprint density at radius 3 is 1.07 bits per heavy atom. The zero-order valence-electron chi connectivity index (χ0n) is 87.0. The second kappa shape index (κ2) is 84.5. The van der Waals surface area contributed by atoms with E-state index in [9.17, 15) is 93.3 Å². The first kappa shape index (κ1) is 130. The van der Waals surface area contributed by atoms with Crippen LogP contribution in [0.4, 0.5) is 0 Å². The van der Waals surface area contributed by atoms with Crippen molar-refractivity contribution in [2.75, 3.05) is 132 Å². The van der Waals surface area contributed by atoms with E-state index in [1.54, 1.807) is 13.8 Å². The molecule has 0 unspecified atom stereocenters. The molecule has 2 aliphatic heterocycles. The van der Waals surface area contributed by atoms with Gasteiger partial charge in [0, 0.05) is 160 Å². The Balaban J connectivity index is 1.94. The van der Waals surface area contributed by atoms with E-state index in [1.807, 2.05) is 13.8 Å². The Hall–Kier alpha value is -7.57. The third-order valence-electron chi connectivity index (χ3n) is 25.5. The van der Waals surface area contributed by atoms with Crippen molar-refractivity contribution in [1.82, 2.24) is 58.5 Å². The molecule has 2 heterocycles. The van der Waals surface area contributed by atoms with Crippen molar-refractivity contribution in [1.29, 1.82) is 0 Å². The van der Waals surface area contributed by atoms with Crippen molar-refractivity contribution < 1.29 is 126 Å². The first-order valence-electron chi connectivity index (χ1n) is 53.9. The van der Waals surface area contributed by atoms with Gasteiger partial charge in [0.2, 0.25) is 65.0 Å². The lowest BCUT2D eigenvalue weighted by Crippen LogP contribution is -2.58. The van der Waals surface area contributed by atoms with Crippen LogP contribution in [0.3, 0.4) is 0 Å². The van der Waals surface area contributed by atoms with Crippen molar-refractivity contribution >= 4 is 70.9 Å². The minimum atomic E-state index is -1.38. The molecular weight excluding hydrogens is 1840 g/mol. The van der Waals surface area contributed by atoms with Gasteiger partial charge in [0.1, 0.15) is 36.0 Å². The molecule has 0 bridgehead atoms. The average Bonchev–Trinajstić information content (AvgIpc) is 0.853. The number of hydrogen-bond donors (Lipinski definition) is 18. The number of nitrogens with one attached hydrogen (secondary N) is 11. The second-order valence-electron chi connectivity index (χ2n) is 39.5. The van der Waals surface area contributed by atoms with Crippen molar-refractivity contribution in [2.45, 2.75) is 436 Å². The van der Waals surface area contributed by atoms with Gasteiger partial charge in [-0.1, -0.05) is 174 Å². The Morgan fingerprint density at radius 1 is 0.366 bits per heavy atom. The molecule has 18 N–H and O–H groups in total. The third kappa shape index (κ3) is 69.5. The molecule has 142 heavy (non-hydrogen) atoms. The fraction of sp³-hybridized carbons (Fsp3) is 0.882. The quantitative estimate of drug-likeness (QED) is 0.0117. The predicted molar refractivity (Wildman–Crippen MR) is 539 cm³/mol. The van der Waals surface area contributed by atoms with Crippen LogP contribution in [0.5, 0.6) is 0 Å². The lowest BCUT2D eigenvalue weighted by Gasteiger charge is -2.36. The van der Waals surface area contributed by atoms with Crippen LogP contribution in [-0.2, 0) is 90.7 Å². The number of carbonyl (C=O) groups is 12. The summed E-state index contributed by atoms with van der Waals surface area (Å²) in [5.74, 6) is -2.88. The Labute approximate surface area is 845 Å². The van der Waals surface area contributed by atoms with Gasteiger partial charge in [-0.15, -0.1) is 0 Å². The summed E-state index contributed by atoms with van der Waals surface area (Å²) in [7, 11) is 0. The van der Waals surface area contributed by atoms with E-state index in [0.29, 0.717) is 149 Å². The number of rotatable bonds is 94. The molecule has 2 aliphatic rings. The highest BCUT2D eigenvalue weighted by molar-refractivity contribution is 5.87. The minimum absolute atomic E-state index is 0.00968. The Bertz CT molecular complexity index is 3360. The molecule has 2 fully saturated rings. The summed E-state index contributed by atoms with van der Waals surface area (Å²) in [5.41, 5.74) is 6.24. The number of carbonyl (C=O) groups excluding carboxylic acids is 11. The minimum Gasteiger partial charge on any atom is -0.481 e. The van der Waals surface area contributed by atoms with E-state index in [1.165, 1.54) is 6.42 Å². The largest absolute Gasteiger partial charge is 0.481 e. The zero-order valence-corrected chi connectivity index (χ0v) is 87.0. The van der Waals surface area contributed by atoms with E-state index in [-0.39, 0.29) is 195 Å². The molecule has 40 heteroatoms. The maximum Gasteiger partial charge on any atom is 0.309 e. The SMILES string of the molecule is CCCCCCC(=O)NCCCNC(=O)CCOCC(COCCC(=O)NCCCNC(=O)CCCCO[C@H]1C[C@@H](O)[C@@H](O)[C@@H](CO)O1)(COCCC(=O)NCCCNC(=O)CCCCO[C@H]1C[C@@H](O)[C@@H](O)[C@@H](CO)O1)NC(=O)CCCCCCCCCCNC(=O)[C@H](CCCCNC(=O)CCCCCCCCCCNC(=O)C(C)(C)CCCCCCCCCCC(C)(C)C(=O)O)NC(=O)CCCCN=[N+]=[N-]. The number of ether oxygens (including phenoxy) is 7. The fourth-order valence-corrected chi connectivity index (χ4v) is 16.3. The van der Waals surface area contributed by atoms with Crippen LogP contribution in [0.15, 0.2) is 5.11 Å². The molecular formula is C102H188N14O26. The van der Waals surface area contributed by atoms with Gasteiger partial charge >= 0.3 is 5.97 Å². The predicted octanol–water partition coefficient (Wildman–Crippen LogP) is 9.48. The second-order valence-corrected chi connectivity index (χ2v) is 39.5. The molecule has 9 atom stereocenters. The van der Waals surface area contributed by atoms with Crippen LogP contribution >= 0.6 is 0 Å². The van der Waals surface area contributed by atoms with Gasteiger partial charge in [0.15, 0.2) is 12.6 Å². The summed E-state index contributed by atoms with van der Waals surface area (Å²) in [6.07, 6.45) is 28.3. The third-order valence-corrected chi connectivity index (χ3v) is 25.5. The number of aliphatic hydroxyl groups is 6. The highest BCUT2D eigenvalue weighted by Gasteiger charge is 2.39. The topological polar surface area (TPSA) is 592 Å². The van der Waals surface area contributed by atoms with Gasteiger partial charge in [-0.2, -0.15) is 0 Å². The van der Waals surface area contributed by atoms with Crippen molar-refractivity contribution in [3.63, 3.8) is 0 Å². The number of azide groups is 1. The maximum atomic E-state index is 14.1. The molecule has 0 aliphatic carbocycles. The molecule has 2 saturated heterocycles. The summed E-state index contributed by atoms with van der Waals surface area (Å²) in [6, 6.07) is -0.762. The Kier molecular flexibility index (Phi) is 77.6. The molecule has 0 aromatic heterocycles. The Morgan fingerprint density at radius 2 is 0.683 bits per heavy atom. The fourth-order valence-electron chi connectivity index (χ4n) is 16.3. The van der Waals surface area contributed by atoms with Crippen molar-refractivity contribution in [3.05, 3.63) is 10.4 Å². The molecule has 40 nitrogen and oxygen atoms in total. The first-order valence-corrected chi connectivity index (χ1v) is 53.9. The molecule has 11 amide bonds. The average molecular weight is 2030 g/mol. The smallest absolute Gasteiger partial charge is 0.309 e. The summed E-state index contributed by atoms with van der Waals surface area (Å²) in [5, 5.41) is 104. The number of amides is 11. The molecule has 0 spiro atoms. The van der Waals surface area contributed by atoms with Crippen LogP contribution in [0.2, 0.25) is 0 Å². The lowest BCUT2D eigenvalue weighted by molar-refractivity contribution is -0.257. The number of carboxylic acid groups (broad SMARTS) is 1. The summed E-state index contributed by atoms with van der Waals surface area (Å²) in [4.78, 5) is 158. The van der Waals surface area contributed by atoms with E-state index in [2.05, 4.69) is 75.4 Å². The first-order chi connectivity index (χ1) is 68.4. The van der Waals surface area contributed by atoms with Crippen LogP contribution in [0.25, 0.3) is 10.4 Å². The number of aliphatic hydroxyl groups excluding tert-OH is 6. The normalized spacial score (nSPS) is 17.2. The van der Waals surface area contributed by atoms with E-state index >= 15 is 0 Å². The molecule has 0 aromatic carbocycles. The summed E-state index contributed by atoms with van der Waals surface area (Å²) in [6.45, 7) is 12.1. The van der Waals surface area contributed by atoms with Gasteiger partial charge in [0.05, 0.1) is 70.5 Å². The number of aliphatic carboxylic acids is 1. The molecule has 0 saturated carbocycles. The zero-order chi connectivity index (χ0) is 104. The van der Waals surface area contributed by atoms with Crippen molar-refractivity contribution in [3.8, 4) is 0 Å². The van der Waals surface area contributed by atoms with Crippen LogP contribution < -0.4 is 58.5 Å². The monoisotopic (exact) mass is 2030 g/mol. The van der Waals surface area contributed by atoms with Crippen LogP contribution in [-0.4, -0.2) is 299 Å². The lowest BCUT2D eigenvalue weighted by atomic mass is 9.85. The van der Waals surface area contributed by atoms with Gasteiger partial charge in [0.25, 0.3) is 0 Å². The van der Waals surface area contributed by atoms with Gasteiger partial charge in [-0.3, -0.25) is 57.5 Å². The highest BCUT2D eigenvalue weighted by Crippen LogP contribution is 2.29. The number of unbranched alkanes of at least 4 members (excludes halogenated alkanes) is 28. The van der Waals surface area contributed by atoms with Gasteiger partial charge in [-0.05, 0) is 141 Å². The summed E-state index contributed by atoms with van der Waals surface area (Å²) < 4.78 is 40.7. The van der Waals surface area contributed by atoms with Gasteiger partial charge < -0.3 is 127 Å². The molecule has 822 valence electrons.